The highest BCUT2D eigenvalue weighted by Crippen LogP contribution is 2.09. The summed E-state index contributed by atoms with van der Waals surface area (Å²) in [6.45, 7) is 6.25. The molecule has 0 aliphatic rings. The third kappa shape index (κ3) is 4.44. The molecule has 1 rings (SSSR count). The first-order valence-corrected chi connectivity index (χ1v) is 5.65. The lowest BCUT2D eigenvalue weighted by molar-refractivity contribution is 0.304. The summed E-state index contributed by atoms with van der Waals surface area (Å²) in [6, 6.07) is 0. The van der Waals surface area contributed by atoms with Gasteiger partial charge in [0.2, 0.25) is 5.88 Å². The lowest BCUT2D eigenvalue weighted by Gasteiger charge is -2.11. The number of nitrogens with one attached hydrogen (secondary N) is 1. The summed E-state index contributed by atoms with van der Waals surface area (Å²) in [6.07, 6.45) is 4.26. The van der Waals surface area contributed by atoms with Gasteiger partial charge in [-0.3, -0.25) is 4.98 Å². The molecule has 0 amide bonds. The van der Waals surface area contributed by atoms with Crippen molar-refractivity contribution < 1.29 is 4.74 Å². The van der Waals surface area contributed by atoms with Gasteiger partial charge < -0.3 is 15.8 Å². The second kappa shape index (κ2) is 7.00. The number of hydrogen-bond donors (Lipinski definition) is 2. The summed E-state index contributed by atoms with van der Waals surface area (Å²) < 4.78 is 5.39. The molecule has 0 aliphatic carbocycles. The van der Waals surface area contributed by atoms with E-state index in [0.717, 1.165) is 18.8 Å². The van der Waals surface area contributed by atoms with Crippen LogP contribution in [0.25, 0.3) is 0 Å². The van der Waals surface area contributed by atoms with Gasteiger partial charge in [-0.05, 0) is 18.9 Å². The highest BCUT2D eigenvalue weighted by molar-refractivity contribution is 5.33. The van der Waals surface area contributed by atoms with Crippen LogP contribution in [0.15, 0.2) is 12.4 Å². The minimum atomic E-state index is 0.419. The maximum Gasteiger partial charge on any atom is 0.234 e. The molecule has 1 heterocycles. The van der Waals surface area contributed by atoms with Crippen LogP contribution in [0, 0.1) is 5.92 Å². The molecule has 0 radical (unpaired) electrons. The van der Waals surface area contributed by atoms with Crippen molar-refractivity contribution in [3.63, 3.8) is 0 Å². The molecule has 1 unspecified atom stereocenters. The summed E-state index contributed by atoms with van der Waals surface area (Å²) in [5.41, 5.74) is 5.53. The number of aromatic nitrogens is 2. The Hall–Kier alpha value is -1.36. The third-order valence-electron chi connectivity index (χ3n) is 2.10. The molecule has 0 aromatic carbocycles. The number of ether oxygens (including phenoxy) is 1. The molecule has 0 saturated carbocycles. The molecule has 1 aromatic heterocycles. The van der Waals surface area contributed by atoms with E-state index < -0.39 is 0 Å². The molecule has 0 aliphatic heterocycles. The quantitative estimate of drug-likeness (QED) is 0.729. The van der Waals surface area contributed by atoms with Gasteiger partial charge in [-0.1, -0.05) is 13.8 Å². The van der Waals surface area contributed by atoms with Gasteiger partial charge in [0.15, 0.2) is 0 Å². The number of hydrogen-bond acceptors (Lipinski definition) is 5. The largest absolute Gasteiger partial charge is 0.477 e. The first-order valence-electron chi connectivity index (χ1n) is 5.65. The zero-order valence-electron chi connectivity index (χ0n) is 9.94. The van der Waals surface area contributed by atoms with E-state index in [2.05, 4.69) is 29.1 Å². The average Bonchev–Trinajstić information content (AvgIpc) is 2.34. The lowest BCUT2D eigenvalue weighted by atomic mass is 10.2. The van der Waals surface area contributed by atoms with Crippen LogP contribution in [0.1, 0.15) is 20.3 Å². The topological polar surface area (TPSA) is 73.1 Å². The van der Waals surface area contributed by atoms with Crippen molar-refractivity contribution in [3.8, 4) is 5.88 Å². The predicted octanol–water partition coefficient (Wildman–Crippen LogP) is 1.27. The molecule has 5 heteroatoms. The van der Waals surface area contributed by atoms with E-state index in [1.807, 2.05) is 0 Å². The van der Waals surface area contributed by atoms with Gasteiger partial charge in [-0.2, -0.15) is 4.98 Å². The zero-order chi connectivity index (χ0) is 11.8. The Morgan fingerprint density at radius 1 is 1.50 bits per heavy atom. The molecule has 90 valence electrons. The Bertz CT molecular complexity index is 306. The van der Waals surface area contributed by atoms with E-state index in [4.69, 9.17) is 10.5 Å². The number of anilines is 1. The Balaban J connectivity index is 2.46. The van der Waals surface area contributed by atoms with E-state index in [0.29, 0.717) is 24.9 Å². The van der Waals surface area contributed by atoms with Crippen LogP contribution in [0.5, 0.6) is 5.88 Å². The van der Waals surface area contributed by atoms with Crippen LogP contribution >= 0.6 is 0 Å². The van der Waals surface area contributed by atoms with Gasteiger partial charge in [0.05, 0.1) is 19.0 Å². The Kier molecular flexibility index (Phi) is 5.56. The normalized spacial score (nSPS) is 12.2. The molecule has 0 bridgehead atoms. The van der Waals surface area contributed by atoms with Gasteiger partial charge in [-0.25, -0.2) is 0 Å². The molecular formula is C11H20N4O. The fraction of sp³-hybridized carbons (Fsp3) is 0.636. The van der Waals surface area contributed by atoms with Crippen LogP contribution < -0.4 is 15.8 Å². The van der Waals surface area contributed by atoms with Crippen LogP contribution in [-0.4, -0.2) is 29.7 Å². The SMILES string of the molecule is CCCOc1cncc(NCC(C)CN)n1. The van der Waals surface area contributed by atoms with Gasteiger partial charge >= 0.3 is 0 Å². The van der Waals surface area contributed by atoms with E-state index in [1.54, 1.807) is 12.4 Å². The fourth-order valence-corrected chi connectivity index (χ4v) is 1.07. The van der Waals surface area contributed by atoms with Crippen molar-refractivity contribution in [1.82, 2.24) is 9.97 Å². The summed E-state index contributed by atoms with van der Waals surface area (Å²) in [4.78, 5) is 8.34. The van der Waals surface area contributed by atoms with Crippen molar-refractivity contribution in [1.29, 1.82) is 0 Å². The maximum absolute atomic E-state index is 5.53. The summed E-state index contributed by atoms with van der Waals surface area (Å²) >= 11 is 0. The van der Waals surface area contributed by atoms with E-state index in [-0.39, 0.29) is 0 Å². The molecule has 16 heavy (non-hydrogen) atoms. The minimum Gasteiger partial charge on any atom is -0.477 e. The Morgan fingerprint density at radius 3 is 3.00 bits per heavy atom. The molecule has 3 N–H and O–H groups in total. The number of nitrogens with two attached hydrogens (primary N) is 1. The summed E-state index contributed by atoms with van der Waals surface area (Å²) in [5, 5.41) is 3.18. The van der Waals surface area contributed by atoms with Crippen LogP contribution in [-0.2, 0) is 0 Å². The summed E-state index contributed by atoms with van der Waals surface area (Å²) in [7, 11) is 0. The fourth-order valence-electron chi connectivity index (χ4n) is 1.07. The van der Waals surface area contributed by atoms with Crippen LogP contribution in [0.3, 0.4) is 0 Å². The third-order valence-corrected chi connectivity index (χ3v) is 2.10. The molecular weight excluding hydrogens is 204 g/mol. The molecule has 0 saturated heterocycles. The Morgan fingerprint density at radius 2 is 2.31 bits per heavy atom. The summed E-state index contributed by atoms with van der Waals surface area (Å²) in [5.74, 6) is 1.71. The second-order valence-corrected chi connectivity index (χ2v) is 3.81. The van der Waals surface area contributed by atoms with Crippen molar-refractivity contribution in [2.45, 2.75) is 20.3 Å². The van der Waals surface area contributed by atoms with E-state index in [1.165, 1.54) is 0 Å². The van der Waals surface area contributed by atoms with Crippen LogP contribution in [0.2, 0.25) is 0 Å². The first kappa shape index (κ1) is 12.7. The standard InChI is InChI=1S/C11H20N4O/c1-3-4-16-11-8-13-7-10(15-11)14-6-9(2)5-12/h7-9H,3-6,12H2,1-2H3,(H,14,15). The molecule has 0 fully saturated rings. The Labute approximate surface area is 96.4 Å². The highest BCUT2D eigenvalue weighted by atomic mass is 16.5. The van der Waals surface area contributed by atoms with Crippen molar-refractivity contribution >= 4 is 5.82 Å². The van der Waals surface area contributed by atoms with E-state index in [9.17, 15) is 0 Å². The highest BCUT2D eigenvalue weighted by Gasteiger charge is 2.01. The van der Waals surface area contributed by atoms with Crippen molar-refractivity contribution in [3.05, 3.63) is 12.4 Å². The van der Waals surface area contributed by atoms with Gasteiger partial charge in [0, 0.05) is 6.54 Å². The minimum absolute atomic E-state index is 0.419. The lowest BCUT2D eigenvalue weighted by Crippen LogP contribution is -2.20. The maximum atomic E-state index is 5.53. The number of nitrogens with zero attached hydrogens (tertiary/aromatic N) is 2. The van der Waals surface area contributed by atoms with Gasteiger partial charge in [0.25, 0.3) is 0 Å². The second-order valence-electron chi connectivity index (χ2n) is 3.81. The monoisotopic (exact) mass is 224 g/mol. The average molecular weight is 224 g/mol. The molecule has 0 spiro atoms. The zero-order valence-corrected chi connectivity index (χ0v) is 9.94. The smallest absolute Gasteiger partial charge is 0.234 e. The van der Waals surface area contributed by atoms with E-state index >= 15 is 0 Å². The molecule has 1 atom stereocenters. The van der Waals surface area contributed by atoms with Gasteiger partial charge in [-0.15, -0.1) is 0 Å². The van der Waals surface area contributed by atoms with Crippen molar-refractivity contribution in [2.75, 3.05) is 25.0 Å². The number of rotatable bonds is 7. The molecule has 5 nitrogen and oxygen atoms in total. The van der Waals surface area contributed by atoms with Crippen molar-refractivity contribution in [2.24, 2.45) is 11.7 Å². The molecule has 1 aromatic rings. The first-order chi connectivity index (χ1) is 7.76. The van der Waals surface area contributed by atoms with Crippen LogP contribution in [0.4, 0.5) is 5.82 Å². The predicted molar refractivity (Wildman–Crippen MR) is 64.5 cm³/mol. The van der Waals surface area contributed by atoms with Gasteiger partial charge in [0.1, 0.15) is 5.82 Å².